The molecule has 0 heterocycles. The van der Waals surface area contributed by atoms with Crippen LogP contribution in [0.2, 0.25) is 0 Å². The third kappa shape index (κ3) is 5.61. The average molecular weight is 467 g/mol. The van der Waals surface area contributed by atoms with Gasteiger partial charge in [-0.15, -0.1) is 0 Å². The second-order valence-electron chi connectivity index (χ2n) is 7.84. The van der Waals surface area contributed by atoms with Crippen molar-refractivity contribution in [2.45, 2.75) is 37.6 Å². The molecule has 0 aliphatic heterocycles. The first kappa shape index (κ1) is 24.5. The van der Waals surface area contributed by atoms with Crippen LogP contribution >= 0.6 is 0 Å². The highest BCUT2D eigenvalue weighted by Crippen LogP contribution is 2.31. The number of methoxy groups -OCH3 is 1. The van der Waals surface area contributed by atoms with Crippen molar-refractivity contribution in [2.75, 3.05) is 19.5 Å². The van der Waals surface area contributed by atoms with E-state index < -0.39 is 16.1 Å². The van der Waals surface area contributed by atoms with Gasteiger partial charge in [0, 0.05) is 19.2 Å². The monoisotopic (exact) mass is 466 g/mol. The molecule has 1 atom stereocenters. The number of amides is 1. The summed E-state index contributed by atoms with van der Waals surface area (Å²) in [5.74, 6) is 0.401. The summed E-state index contributed by atoms with van der Waals surface area (Å²) >= 11 is 0. The Labute approximate surface area is 196 Å². The molecular formula is C26H30N2O4S. The molecule has 1 amide bonds. The molecule has 0 spiro atoms. The van der Waals surface area contributed by atoms with Crippen LogP contribution in [0.25, 0.3) is 0 Å². The first-order valence-corrected chi connectivity index (χ1v) is 12.3. The van der Waals surface area contributed by atoms with E-state index in [1.54, 1.807) is 61.7 Å². The topological polar surface area (TPSA) is 75.7 Å². The molecule has 3 aromatic rings. The number of para-hydroxylation sites is 1. The molecule has 3 rings (SSSR count). The van der Waals surface area contributed by atoms with E-state index in [0.717, 1.165) is 23.2 Å². The van der Waals surface area contributed by atoms with Crippen LogP contribution in [0.5, 0.6) is 5.75 Å². The van der Waals surface area contributed by atoms with Crippen LogP contribution < -0.4 is 10.1 Å². The van der Waals surface area contributed by atoms with Crippen LogP contribution in [0.3, 0.4) is 0 Å². The molecule has 0 unspecified atom stereocenters. The number of carbonyl (C=O) groups is 1. The first-order valence-electron chi connectivity index (χ1n) is 10.8. The van der Waals surface area contributed by atoms with Gasteiger partial charge in [0.2, 0.25) is 15.9 Å². The Kier molecular flexibility index (Phi) is 7.89. The molecule has 0 aliphatic carbocycles. The summed E-state index contributed by atoms with van der Waals surface area (Å²) in [5, 5.41) is 3.01. The van der Waals surface area contributed by atoms with E-state index in [1.165, 1.54) is 11.4 Å². The number of anilines is 1. The summed E-state index contributed by atoms with van der Waals surface area (Å²) in [4.78, 5) is 13.3. The molecule has 3 aromatic carbocycles. The van der Waals surface area contributed by atoms with Crippen LogP contribution in [-0.4, -0.2) is 32.8 Å². The molecule has 174 valence electrons. The van der Waals surface area contributed by atoms with Crippen LogP contribution in [0, 0.1) is 6.92 Å². The first-order chi connectivity index (χ1) is 15.8. The number of hydrogen-bond donors (Lipinski definition) is 1. The Bertz CT molecular complexity index is 1190. The predicted octanol–water partition coefficient (Wildman–Crippen LogP) is 4.96. The molecule has 0 aromatic heterocycles. The van der Waals surface area contributed by atoms with Gasteiger partial charge in [0.15, 0.2) is 0 Å². The fraction of sp³-hybridized carbons (Fsp3) is 0.269. The lowest BCUT2D eigenvalue weighted by atomic mass is 10.0. The maximum Gasteiger partial charge on any atom is 0.243 e. The largest absolute Gasteiger partial charge is 0.497 e. The number of ether oxygens (including phenoxy) is 1. The van der Waals surface area contributed by atoms with Crippen LogP contribution in [0.1, 0.15) is 36.1 Å². The van der Waals surface area contributed by atoms with Gasteiger partial charge in [-0.1, -0.05) is 55.5 Å². The molecular weight excluding hydrogens is 436 g/mol. The van der Waals surface area contributed by atoms with E-state index in [4.69, 9.17) is 4.74 Å². The van der Waals surface area contributed by atoms with Crippen LogP contribution in [0.15, 0.2) is 77.7 Å². The van der Waals surface area contributed by atoms with Crippen molar-refractivity contribution in [3.63, 3.8) is 0 Å². The Balaban J connectivity index is 1.94. The average Bonchev–Trinajstić information content (AvgIpc) is 2.84. The second kappa shape index (κ2) is 10.6. The van der Waals surface area contributed by atoms with Gasteiger partial charge in [-0.05, 0) is 54.3 Å². The van der Waals surface area contributed by atoms with Crippen molar-refractivity contribution in [1.82, 2.24) is 4.31 Å². The maximum atomic E-state index is 13.3. The highest BCUT2D eigenvalue weighted by atomic mass is 32.2. The SMILES string of the molecule is CCc1cccc(C)c1NC(=O)C[C@@H](c1ccc(OC)cc1)N(C)S(=O)(=O)c1ccccc1. The number of nitrogens with zero attached hydrogens (tertiary/aromatic N) is 1. The van der Waals surface area contributed by atoms with E-state index in [9.17, 15) is 13.2 Å². The molecule has 0 bridgehead atoms. The van der Waals surface area contributed by atoms with Crippen molar-refractivity contribution in [3.05, 3.63) is 89.5 Å². The van der Waals surface area contributed by atoms with Gasteiger partial charge in [0.05, 0.1) is 18.0 Å². The number of benzene rings is 3. The standard InChI is InChI=1S/C26H30N2O4S/c1-5-20-11-9-10-19(2)26(20)27-25(29)18-24(21-14-16-22(32-4)17-15-21)28(3)33(30,31)23-12-7-6-8-13-23/h6-17,24H,5,18H2,1-4H3,(H,27,29)/t24-/m0/s1. The second-order valence-corrected chi connectivity index (χ2v) is 9.84. The lowest BCUT2D eigenvalue weighted by molar-refractivity contribution is -0.117. The zero-order chi connectivity index (χ0) is 24.0. The minimum Gasteiger partial charge on any atom is -0.497 e. The van der Waals surface area contributed by atoms with Gasteiger partial charge in [-0.3, -0.25) is 4.79 Å². The quantitative estimate of drug-likeness (QED) is 0.484. The zero-order valence-electron chi connectivity index (χ0n) is 19.4. The molecule has 7 heteroatoms. The smallest absolute Gasteiger partial charge is 0.243 e. The van der Waals surface area contributed by atoms with Gasteiger partial charge >= 0.3 is 0 Å². The Morgan fingerprint density at radius 1 is 1.00 bits per heavy atom. The molecule has 33 heavy (non-hydrogen) atoms. The zero-order valence-corrected chi connectivity index (χ0v) is 20.2. The number of rotatable bonds is 9. The summed E-state index contributed by atoms with van der Waals surface area (Å²) in [6.07, 6.45) is 0.744. The molecule has 0 saturated carbocycles. The maximum absolute atomic E-state index is 13.3. The third-order valence-corrected chi connectivity index (χ3v) is 7.62. The highest BCUT2D eigenvalue weighted by Gasteiger charge is 2.31. The van der Waals surface area contributed by atoms with Crippen molar-refractivity contribution in [3.8, 4) is 5.75 Å². The molecule has 0 aliphatic rings. The van der Waals surface area contributed by atoms with Crippen LogP contribution in [-0.2, 0) is 21.2 Å². The minimum absolute atomic E-state index is 0.0353. The van der Waals surface area contributed by atoms with E-state index in [0.29, 0.717) is 11.3 Å². The third-order valence-electron chi connectivity index (χ3n) is 5.74. The van der Waals surface area contributed by atoms with E-state index >= 15 is 0 Å². The summed E-state index contributed by atoms with van der Waals surface area (Å²) < 4.78 is 33.2. The number of carbonyl (C=O) groups excluding carboxylic acids is 1. The van der Waals surface area contributed by atoms with Crippen LogP contribution in [0.4, 0.5) is 5.69 Å². The summed E-state index contributed by atoms with van der Waals surface area (Å²) in [6, 6.07) is 20.5. The Morgan fingerprint density at radius 2 is 1.67 bits per heavy atom. The van der Waals surface area contributed by atoms with E-state index in [2.05, 4.69) is 5.32 Å². The van der Waals surface area contributed by atoms with Gasteiger partial charge in [0.1, 0.15) is 5.75 Å². The summed E-state index contributed by atoms with van der Waals surface area (Å²) in [6.45, 7) is 3.98. The number of aryl methyl sites for hydroxylation is 2. The molecule has 0 fully saturated rings. The van der Waals surface area contributed by atoms with E-state index in [1.807, 2.05) is 32.0 Å². The van der Waals surface area contributed by atoms with Crippen molar-refractivity contribution in [1.29, 1.82) is 0 Å². The highest BCUT2D eigenvalue weighted by molar-refractivity contribution is 7.89. The predicted molar refractivity (Wildman–Crippen MR) is 131 cm³/mol. The fourth-order valence-electron chi connectivity index (χ4n) is 3.78. The molecule has 1 N–H and O–H groups in total. The number of hydrogen-bond acceptors (Lipinski definition) is 4. The van der Waals surface area contributed by atoms with E-state index in [-0.39, 0.29) is 17.2 Å². The van der Waals surface area contributed by atoms with Gasteiger partial charge in [0.25, 0.3) is 0 Å². The normalized spacial score (nSPS) is 12.4. The van der Waals surface area contributed by atoms with Crippen molar-refractivity contribution >= 4 is 21.6 Å². The molecule has 6 nitrogen and oxygen atoms in total. The number of nitrogens with one attached hydrogen (secondary N) is 1. The summed E-state index contributed by atoms with van der Waals surface area (Å²) in [5.41, 5.74) is 3.49. The molecule has 0 radical (unpaired) electrons. The van der Waals surface area contributed by atoms with Gasteiger partial charge in [-0.25, -0.2) is 8.42 Å². The van der Waals surface area contributed by atoms with Crippen molar-refractivity contribution in [2.24, 2.45) is 0 Å². The Hall–Kier alpha value is -3.16. The van der Waals surface area contributed by atoms with Crippen molar-refractivity contribution < 1.29 is 17.9 Å². The lowest BCUT2D eigenvalue weighted by Gasteiger charge is -2.28. The number of sulfonamides is 1. The Morgan fingerprint density at radius 3 is 2.27 bits per heavy atom. The summed E-state index contributed by atoms with van der Waals surface area (Å²) in [7, 11) is -0.741. The van der Waals surface area contributed by atoms with Gasteiger partial charge in [-0.2, -0.15) is 4.31 Å². The molecule has 0 saturated heterocycles. The minimum atomic E-state index is -3.82. The lowest BCUT2D eigenvalue weighted by Crippen LogP contribution is -2.34. The fourth-order valence-corrected chi connectivity index (χ4v) is 5.14. The van der Waals surface area contributed by atoms with Gasteiger partial charge < -0.3 is 10.1 Å².